The summed E-state index contributed by atoms with van der Waals surface area (Å²) < 4.78 is 38.4. The predicted molar refractivity (Wildman–Crippen MR) is 154 cm³/mol. The van der Waals surface area contributed by atoms with Gasteiger partial charge in [-0.1, -0.05) is 25.7 Å². The molecular weight excluding hydrogens is 596 g/mol. The molecule has 2 fully saturated rings. The standard InChI is InChI=1S/C26H52O14SSi/c1-34-42(35-2,36-3)14-10-13-41-12-9-7-5-4-6-8-11-37-25-23(33)21(31)24(18(16-28)39-25)40-26-22(32)20(30)19(29)17(15-27)38-26/h17-33H,4-16H2,1-3H3/t17-,18-,19-,20+,21-,22-,23-,24+,25-,26+/m1/s1. The van der Waals surface area contributed by atoms with Crippen LogP contribution in [-0.4, -0.2) is 159 Å². The van der Waals surface area contributed by atoms with Crippen LogP contribution in [0.2, 0.25) is 6.04 Å². The maximum Gasteiger partial charge on any atom is 0.500 e. The molecule has 10 atom stereocenters. The summed E-state index contributed by atoms with van der Waals surface area (Å²) in [6, 6.07) is 0.810. The molecule has 0 aromatic rings. The molecule has 0 spiro atoms. The van der Waals surface area contributed by atoms with Crippen molar-refractivity contribution in [1.29, 1.82) is 0 Å². The summed E-state index contributed by atoms with van der Waals surface area (Å²) >= 11 is 1.93. The van der Waals surface area contributed by atoms with E-state index in [1.54, 1.807) is 21.3 Å². The second-order valence-corrected chi connectivity index (χ2v) is 14.8. The third-order valence-electron chi connectivity index (χ3n) is 7.63. The Morgan fingerprint density at radius 1 is 0.619 bits per heavy atom. The first-order valence-electron chi connectivity index (χ1n) is 14.6. The van der Waals surface area contributed by atoms with Gasteiger partial charge in [0.15, 0.2) is 12.6 Å². The first-order valence-corrected chi connectivity index (χ1v) is 17.7. The summed E-state index contributed by atoms with van der Waals surface area (Å²) in [5.41, 5.74) is 0. The Morgan fingerprint density at radius 3 is 1.79 bits per heavy atom. The van der Waals surface area contributed by atoms with E-state index < -0.39 is 83.4 Å². The van der Waals surface area contributed by atoms with E-state index in [0.29, 0.717) is 0 Å². The molecule has 42 heavy (non-hydrogen) atoms. The van der Waals surface area contributed by atoms with Gasteiger partial charge in [-0.15, -0.1) is 0 Å². The zero-order valence-electron chi connectivity index (χ0n) is 24.9. The second-order valence-electron chi connectivity index (χ2n) is 10.5. The molecule has 0 unspecified atom stereocenters. The fourth-order valence-corrected chi connectivity index (χ4v) is 7.89. The average molecular weight is 649 g/mol. The predicted octanol–water partition coefficient (Wildman–Crippen LogP) is -1.03. The van der Waals surface area contributed by atoms with E-state index in [1.807, 2.05) is 11.8 Å². The summed E-state index contributed by atoms with van der Waals surface area (Å²) in [5.74, 6) is 2.15. The molecule has 16 heteroatoms. The van der Waals surface area contributed by atoms with Crippen LogP contribution in [0.3, 0.4) is 0 Å². The van der Waals surface area contributed by atoms with Crippen molar-refractivity contribution in [3.63, 3.8) is 0 Å². The van der Waals surface area contributed by atoms with Gasteiger partial charge < -0.3 is 68.0 Å². The van der Waals surface area contributed by atoms with Crippen LogP contribution in [0.1, 0.15) is 44.9 Å². The third-order valence-corrected chi connectivity index (χ3v) is 11.6. The van der Waals surface area contributed by atoms with Crippen LogP contribution >= 0.6 is 11.8 Å². The normalized spacial score (nSPS) is 34.1. The van der Waals surface area contributed by atoms with Crippen LogP contribution in [0.5, 0.6) is 0 Å². The van der Waals surface area contributed by atoms with Gasteiger partial charge >= 0.3 is 8.80 Å². The molecule has 2 saturated heterocycles. The summed E-state index contributed by atoms with van der Waals surface area (Å²) in [6.45, 7) is -0.964. The van der Waals surface area contributed by atoms with Gasteiger partial charge in [0.2, 0.25) is 0 Å². The summed E-state index contributed by atoms with van der Waals surface area (Å²) in [6.07, 6.45) is -7.40. The van der Waals surface area contributed by atoms with Gasteiger partial charge in [-0.25, -0.2) is 0 Å². The minimum absolute atomic E-state index is 0.288. The highest BCUT2D eigenvalue weighted by atomic mass is 32.2. The molecule has 14 nitrogen and oxygen atoms in total. The first-order chi connectivity index (χ1) is 20.2. The number of thioether (sulfide) groups is 1. The Hall–Kier alpha value is 0.00688. The zero-order valence-corrected chi connectivity index (χ0v) is 26.7. The van der Waals surface area contributed by atoms with E-state index in [9.17, 15) is 35.7 Å². The van der Waals surface area contributed by atoms with Crippen molar-refractivity contribution in [3.8, 4) is 0 Å². The van der Waals surface area contributed by atoms with Crippen molar-refractivity contribution in [2.24, 2.45) is 0 Å². The van der Waals surface area contributed by atoms with Crippen LogP contribution in [0.4, 0.5) is 0 Å². The molecular formula is C26H52O14SSi. The minimum atomic E-state index is -2.47. The Labute approximate surface area is 253 Å². The highest BCUT2D eigenvalue weighted by Gasteiger charge is 2.50. The molecule has 0 aliphatic carbocycles. The maximum absolute atomic E-state index is 10.7. The highest BCUT2D eigenvalue weighted by Crippen LogP contribution is 2.29. The smallest absolute Gasteiger partial charge is 0.394 e. The largest absolute Gasteiger partial charge is 0.500 e. The maximum atomic E-state index is 10.7. The molecule has 0 aromatic heterocycles. The summed E-state index contributed by atoms with van der Waals surface area (Å²) in [5, 5.41) is 70.5. The fourth-order valence-electron chi connectivity index (χ4n) is 4.95. The number of hydrogen-bond donors (Lipinski definition) is 7. The van der Waals surface area contributed by atoms with E-state index in [0.717, 1.165) is 62.5 Å². The Balaban J connectivity index is 1.60. The van der Waals surface area contributed by atoms with E-state index in [2.05, 4.69) is 0 Å². The van der Waals surface area contributed by atoms with Gasteiger partial charge in [0, 0.05) is 34.0 Å². The molecule has 0 saturated carbocycles. The lowest BCUT2D eigenvalue weighted by Gasteiger charge is -2.45. The van der Waals surface area contributed by atoms with Crippen LogP contribution in [-0.2, 0) is 32.2 Å². The number of aliphatic hydroxyl groups is 7. The van der Waals surface area contributed by atoms with E-state index in [4.69, 9.17) is 32.2 Å². The molecule has 2 rings (SSSR count). The molecule has 2 heterocycles. The number of unbranched alkanes of at least 4 members (excludes halogenated alkanes) is 5. The van der Waals surface area contributed by atoms with Crippen LogP contribution < -0.4 is 0 Å². The molecule has 0 bridgehead atoms. The first kappa shape index (κ1) is 38.2. The van der Waals surface area contributed by atoms with Crippen LogP contribution in [0.15, 0.2) is 0 Å². The summed E-state index contributed by atoms with van der Waals surface area (Å²) in [4.78, 5) is 0. The minimum Gasteiger partial charge on any atom is -0.394 e. The third kappa shape index (κ3) is 11.1. The monoisotopic (exact) mass is 648 g/mol. The Bertz CT molecular complexity index is 698. The van der Waals surface area contributed by atoms with Crippen LogP contribution in [0.25, 0.3) is 0 Å². The van der Waals surface area contributed by atoms with Crippen molar-refractivity contribution < 1.29 is 68.0 Å². The molecule has 250 valence electrons. The van der Waals surface area contributed by atoms with Crippen molar-refractivity contribution in [2.45, 2.75) is 112 Å². The molecule has 2 aliphatic rings. The summed E-state index contributed by atoms with van der Waals surface area (Å²) in [7, 11) is 2.42. The van der Waals surface area contributed by atoms with Crippen molar-refractivity contribution in [1.82, 2.24) is 0 Å². The molecule has 0 radical (unpaired) electrons. The molecule has 0 amide bonds. The van der Waals surface area contributed by atoms with Gasteiger partial charge in [-0.2, -0.15) is 11.8 Å². The van der Waals surface area contributed by atoms with Crippen molar-refractivity contribution >= 4 is 20.6 Å². The van der Waals surface area contributed by atoms with Gasteiger partial charge in [0.05, 0.1) is 13.2 Å². The Kier molecular flexibility index (Phi) is 18.4. The van der Waals surface area contributed by atoms with Gasteiger partial charge in [-0.3, -0.25) is 0 Å². The second kappa shape index (κ2) is 20.2. The number of hydrogen-bond acceptors (Lipinski definition) is 15. The number of rotatable bonds is 21. The quantitative estimate of drug-likeness (QED) is 0.0587. The van der Waals surface area contributed by atoms with E-state index in [1.165, 1.54) is 0 Å². The molecule has 7 N–H and O–H groups in total. The number of ether oxygens (including phenoxy) is 4. The van der Waals surface area contributed by atoms with E-state index in [-0.39, 0.29) is 6.61 Å². The van der Waals surface area contributed by atoms with E-state index >= 15 is 0 Å². The van der Waals surface area contributed by atoms with Crippen LogP contribution in [0, 0.1) is 0 Å². The van der Waals surface area contributed by atoms with Gasteiger partial charge in [-0.05, 0) is 30.8 Å². The highest BCUT2D eigenvalue weighted by molar-refractivity contribution is 7.99. The average Bonchev–Trinajstić information content (AvgIpc) is 3.01. The van der Waals surface area contributed by atoms with Crippen molar-refractivity contribution in [3.05, 3.63) is 0 Å². The molecule has 2 aliphatic heterocycles. The van der Waals surface area contributed by atoms with Gasteiger partial charge in [0.25, 0.3) is 0 Å². The Morgan fingerprint density at radius 2 is 1.17 bits per heavy atom. The topological polar surface area (TPSA) is 206 Å². The van der Waals surface area contributed by atoms with Crippen molar-refractivity contribution in [2.75, 3.05) is 52.7 Å². The zero-order chi connectivity index (χ0) is 31.1. The molecule has 0 aromatic carbocycles. The van der Waals surface area contributed by atoms with Gasteiger partial charge in [0.1, 0.15) is 48.8 Å². The lowest BCUT2D eigenvalue weighted by molar-refractivity contribution is -0.359. The fraction of sp³-hybridized carbons (Fsp3) is 1.00. The lowest BCUT2D eigenvalue weighted by Crippen LogP contribution is -2.64. The lowest BCUT2D eigenvalue weighted by atomic mass is 9.97. The SMILES string of the molecule is CO[Si](CCCSCCCCCCCCO[C@@H]1O[C@H](CO)[C@H](O[C@@H]2O[C@H](CO)[C@@H](O)[C@H](O)[C@H]2O)[C@H](O)[C@H]1O)(OC)OC. The number of aliphatic hydroxyl groups excluding tert-OH is 7.